The van der Waals surface area contributed by atoms with E-state index in [1.165, 1.54) is 24.4 Å². The lowest BCUT2D eigenvalue weighted by Crippen LogP contribution is -2.13. The Labute approximate surface area is 131 Å². The van der Waals surface area contributed by atoms with E-state index in [2.05, 4.69) is 20.5 Å². The smallest absolute Gasteiger partial charge is 0.276 e. The van der Waals surface area contributed by atoms with Gasteiger partial charge in [0.15, 0.2) is 5.71 Å². The Morgan fingerprint density at radius 1 is 1.26 bits per heavy atom. The summed E-state index contributed by atoms with van der Waals surface area (Å²) in [6.07, 6.45) is 1.51. The van der Waals surface area contributed by atoms with E-state index in [1.54, 1.807) is 0 Å². The molecule has 2 heterocycles. The number of amides is 1. The van der Waals surface area contributed by atoms with Crippen LogP contribution in [0.15, 0.2) is 34.5 Å². The van der Waals surface area contributed by atoms with Crippen LogP contribution in [0.25, 0.3) is 0 Å². The molecule has 0 saturated heterocycles. The van der Waals surface area contributed by atoms with Crippen molar-refractivity contribution in [3.63, 3.8) is 0 Å². The number of anilines is 1. The van der Waals surface area contributed by atoms with Gasteiger partial charge in [0.25, 0.3) is 11.6 Å². The molecule has 1 aromatic carbocycles. The number of nitrogens with zero attached hydrogens (tertiary/aromatic N) is 3. The number of non-ortho nitro benzene ring substituents is 1. The number of hydrogen-bond acceptors (Lipinski definition) is 5. The Morgan fingerprint density at radius 3 is 2.70 bits per heavy atom. The average Bonchev–Trinajstić information content (AvgIpc) is 2.98. The van der Waals surface area contributed by atoms with Gasteiger partial charge in [0, 0.05) is 23.4 Å². The number of aromatic nitrogens is 1. The molecule has 116 valence electrons. The molecule has 1 aromatic heterocycles. The van der Waals surface area contributed by atoms with Crippen LogP contribution in [0.5, 0.6) is 0 Å². The zero-order valence-electron chi connectivity index (χ0n) is 12.5. The first-order valence-corrected chi connectivity index (χ1v) is 6.83. The van der Waals surface area contributed by atoms with Crippen molar-refractivity contribution < 1.29 is 9.72 Å². The lowest BCUT2D eigenvalue weighted by molar-refractivity contribution is -0.384. The number of benzene rings is 1. The normalized spacial score (nSPS) is 15.2. The standard InChI is InChI=1S/C15H13N5O3/c1-8-5-9(2)17-13(8)7-16-19-14-11-6-10(20(22)23)3-4-12(11)18-15(14)21/h3-7,17H,1-2H3,(H,18,19,21)/b16-7+. The fraction of sp³-hybridized carbons (Fsp3) is 0.133. The summed E-state index contributed by atoms with van der Waals surface area (Å²) in [5, 5.41) is 21.3. The van der Waals surface area contributed by atoms with Gasteiger partial charge in [-0.1, -0.05) is 0 Å². The molecule has 0 radical (unpaired) electrons. The number of aromatic amines is 1. The Morgan fingerprint density at radius 2 is 2.04 bits per heavy atom. The van der Waals surface area contributed by atoms with Gasteiger partial charge in [0.05, 0.1) is 22.5 Å². The van der Waals surface area contributed by atoms with Gasteiger partial charge in [0.1, 0.15) is 0 Å². The number of aryl methyl sites for hydroxylation is 2. The van der Waals surface area contributed by atoms with E-state index in [-0.39, 0.29) is 11.4 Å². The van der Waals surface area contributed by atoms with E-state index in [0.717, 1.165) is 17.0 Å². The number of carbonyl (C=O) groups is 1. The first kappa shape index (κ1) is 14.6. The number of H-pyrrole nitrogens is 1. The summed E-state index contributed by atoms with van der Waals surface area (Å²) in [7, 11) is 0. The molecule has 0 bridgehead atoms. The summed E-state index contributed by atoms with van der Waals surface area (Å²) in [6.45, 7) is 3.86. The fourth-order valence-electron chi connectivity index (χ4n) is 2.38. The molecule has 2 aromatic rings. The summed E-state index contributed by atoms with van der Waals surface area (Å²) in [4.78, 5) is 25.4. The van der Waals surface area contributed by atoms with E-state index < -0.39 is 10.8 Å². The molecule has 0 unspecified atom stereocenters. The van der Waals surface area contributed by atoms with Crippen LogP contribution in [0.3, 0.4) is 0 Å². The predicted molar refractivity (Wildman–Crippen MR) is 86.1 cm³/mol. The average molecular weight is 311 g/mol. The third-order valence-electron chi connectivity index (χ3n) is 3.47. The van der Waals surface area contributed by atoms with Crippen molar-refractivity contribution in [1.29, 1.82) is 0 Å². The van der Waals surface area contributed by atoms with Crippen molar-refractivity contribution >= 4 is 29.2 Å². The molecule has 8 heteroatoms. The van der Waals surface area contributed by atoms with Gasteiger partial charge >= 0.3 is 0 Å². The maximum atomic E-state index is 11.9. The van der Waals surface area contributed by atoms with Gasteiger partial charge in [-0.25, -0.2) is 0 Å². The second-order valence-electron chi connectivity index (χ2n) is 5.18. The number of carbonyl (C=O) groups excluding carboxylic acids is 1. The summed E-state index contributed by atoms with van der Waals surface area (Å²) in [5.41, 5.74) is 3.62. The van der Waals surface area contributed by atoms with Crippen LogP contribution in [0, 0.1) is 24.0 Å². The van der Waals surface area contributed by atoms with Gasteiger partial charge in [-0.2, -0.15) is 5.10 Å². The Kier molecular flexibility index (Phi) is 3.49. The quantitative estimate of drug-likeness (QED) is 0.515. The van der Waals surface area contributed by atoms with Crippen LogP contribution in [-0.4, -0.2) is 27.7 Å². The SMILES string of the molecule is Cc1cc(C)c(/C=N/N=C2\C(=O)Nc3ccc([N+](=O)[O-])cc32)[nH]1. The van der Waals surface area contributed by atoms with E-state index in [0.29, 0.717) is 11.3 Å². The highest BCUT2D eigenvalue weighted by atomic mass is 16.6. The lowest BCUT2D eigenvalue weighted by atomic mass is 10.1. The number of nitro groups is 1. The minimum absolute atomic E-state index is 0.0564. The molecular weight excluding hydrogens is 298 g/mol. The molecule has 23 heavy (non-hydrogen) atoms. The van der Waals surface area contributed by atoms with Crippen molar-refractivity contribution in [2.75, 3.05) is 5.32 Å². The second-order valence-corrected chi connectivity index (χ2v) is 5.18. The topological polar surface area (TPSA) is 113 Å². The zero-order chi connectivity index (χ0) is 16.6. The van der Waals surface area contributed by atoms with Gasteiger partial charge in [0.2, 0.25) is 0 Å². The molecule has 0 saturated carbocycles. The number of rotatable bonds is 3. The van der Waals surface area contributed by atoms with Crippen LogP contribution in [0.2, 0.25) is 0 Å². The van der Waals surface area contributed by atoms with Gasteiger partial charge < -0.3 is 10.3 Å². The highest BCUT2D eigenvalue weighted by Crippen LogP contribution is 2.27. The molecule has 8 nitrogen and oxygen atoms in total. The predicted octanol–water partition coefficient (Wildman–Crippen LogP) is 2.32. The first-order valence-electron chi connectivity index (χ1n) is 6.83. The minimum atomic E-state index is -0.519. The molecule has 0 spiro atoms. The maximum absolute atomic E-state index is 11.9. The number of nitrogens with one attached hydrogen (secondary N) is 2. The molecule has 0 aliphatic carbocycles. The van der Waals surface area contributed by atoms with E-state index in [1.807, 2.05) is 19.9 Å². The number of hydrogen-bond donors (Lipinski definition) is 2. The molecule has 1 amide bonds. The largest absolute Gasteiger partial charge is 0.358 e. The summed E-state index contributed by atoms with van der Waals surface area (Å²) in [6, 6.07) is 6.09. The monoisotopic (exact) mass is 311 g/mol. The molecule has 2 N–H and O–H groups in total. The Bertz CT molecular complexity index is 879. The first-order chi connectivity index (χ1) is 11.0. The van der Waals surface area contributed by atoms with Crippen molar-refractivity contribution in [2.24, 2.45) is 10.2 Å². The van der Waals surface area contributed by atoms with Gasteiger partial charge in [-0.05, 0) is 31.5 Å². The third-order valence-corrected chi connectivity index (χ3v) is 3.47. The highest BCUT2D eigenvalue weighted by Gasteiger charge is 2.28. The van der Waals surface area contributed by atoms with Crippen molar-refractivity contribution in [3.8, 4) is 0 Å². The summed E-state index contributed by atoms with van der Waals surface area (Å²) in [5.74, 6) is -0.433. The van der Waals surface area contributed by atoms with Crippen LogP contribution in [0.1, 0.15) is 22.5 Å². The van der Waals surface area contributed by atoms with Gasteiger partial charge in [-0.15, -0.1) is 5.10 Å². The fourth-order valence-corrected chi connectivity index (χ4v) is 2.38. The van der Waals surface area contributed by atoms with Crippen LogP contribution in [-0.2, 0) is 4.79 Å². The third kappa shape index (κ3) is 2.73. The lowest BCUT2D eigenvalue weighted by Gasteiger charge is -1.96. The molecule has 1 aliphatic rings. The Hall–Kier alpha value is -3.29. The number of nitro benzene ring substituents is 1. The Balaban J connectivity index is 1.94. The van der Waals surface area contributed by atoms with E-state index in [9.17, 15) is 14.9 Å². The second kappa shape index (κ2) is 5.48. The summed E-state index contributed by atoms with van der Waals surface area (Å²) >= 11 is 0. The molecule has 1 aliphatic heterocycles. The van der Waals surface area contributed by atoms with Crippen molar-refractivity contribution in [3.05, 3.63) is 56.9 Å². The van der Waals surface area contributed by atoms with Crippen LogP contribution in [0.4, 0.5) is 11.4 Å². The molecule has 0 atom stereocenters. The molecule has 3 rings (SSSR count). The van der Waals surface area contributed by atoms with E-state index in [4.69, 9.17) is 0 Å². The molecular formula is C15H13N5O3. The van der Waals surface area contributed by atoms with E-state index >= 15 is 0 Å². The minimum Gasteiger partial charge on any atom is -0.358 e. The van der Waals surface area contributed by atoms with Crippen molar-refractivity contribution in [1.82, 2.24) is 4.98 Å². The highest BCUT2D eigenvalue weighted by molar-refractivity contribution is 6.53. The number of fused-ring (bicyclic) bond motifs is 1. The van der Waals surface area contributed by atoms with Crippen molar-refractivity contribution in [2.45, 2.75) is 13.8 Å². The van der Waals surface area contributed by atoms with Crippen LogP contribution >= 0.6 is 0 Å². The zero-order valence-corrected chi connectivity index (χ0v) is 12.5. The molecule has 0 fully saturated rings. The summed E-state index contributed by atoms with van der Waals surface area (Å²) < 4.78 is 0. The van der Waals surface area contributed by atoms with Crippen LogP contribution < -0.4 is 5.32 Å². The maximum Gasteiger partial charge on any atom is 0.276 e. The van der Waals surface area contributed by atoms with Gasteiger partial charge in [-0.3, -0.25) is 14.9 Å².